The van der Waals surface area contributed by atoms with Gasteiger partial charge in [0.1, 0.15) is 18.6 Å². The lowest BCUT2D eigenvalue weighted by molar-refractivity contribution is -0.175. The van der Waals surface area contributed by atoms with E-state index in [4.69, 9.17) is 5.11 Å². The summed E-state index contributed by atoms with van der Waals surface area (Å²) in [6.45, 7) is 3.66. The Bertz CT molecular complexity index is 1090. The average molecular weight is 543 g/mol. The zero-order chi connectivity index (χ0) is 28.8. The van der Waals surface area contributed by atoms with E-state index in [0.717, 1.165) is 4.90 Å². The molecule has 1 unspecified atom stereocenters. The third kappa shape index (κ3) is 7.76. The van der Waals surface area contributed by atoms with Crippen LogP contribution in [0.4, 0.5) is 13.2 Å². The van der Waals surface area contributed by atoms with Gasteiger partial charge in [0.15, 0.2) is 0 Å². The van der Waals surface area contributed by atoms with E-state index < -0.39 is 72.1 Å². The molecule has 4 amide bonds. The zero-order valence-corrected chi connectivity index (χ0v) is 20.9. The Labute approximate surface area is 216 Å². The van der Waals surface area contributed by atoms with E-state index >= 15 is 0 Å². The molecule has 1 heterocycles. The lowest BCUT2D eigenvalue weighted by atomic mass is 9.98. The molecule has 1 fully saturated rings. The Morgan fingerprint density at radius 2 is 1.53 bits per heavy atom. The fourth-order valence-corrected chi connectivity index (χ4v) is 3.89. The molecule has 1 saturated heterocycles. The summed E-state index contributed by atoms with van der Waals surface area (Å²) < 4.78 is 38.8. The molecule has 38 heavy (non-hydrogen) atoms. The molecule has 14 heteroatoms. The highest BCUT2D eigenvalue weighted by molar-refractivity contribution is 6.01. The van der Waals surface area contributed by atoms with Crippen LogP contribution in [0.2, 0.25) is 0 Å². The molecule has 1 aliphatic heterocycles. The highest BCUT2D eigenvalue weighted by Gasteiger charge is 2.46. The monoisotopic (exact) mass is 542 g/mol. The van der Waals surface area contributed by atoms with Crippen LogP contribution in [0.1, 0.15) is 54.3 Å². The Balaban J connectivity index is 2.03. The molecule has 11 nitrogen and oxygen atoms in total. The van der Waals surface area contributed by atoms with Gasteiger partial charge in [0.2, 0.25) is 11.8 Å². The number of nitrogens with zero attached hydrogens (tertiary/aromatic N) is 1. The molecule has 0 spiro atoms. The molecular weight excluding hydrogens is 513 g/mol. The van der Waals surface area contributed by atoms with Crippen LogP contribution in [0.3, 0.4) is 0 Å². The lowest BCUT2D eigenvalue weighted by Gasteiger charge is -2.29. The van der Waals surface area contributed by atoms with Gasteiger partial charge in [-0.2, -0.15) is 13.2 Å². The number of hydrogen-bond donors (Lipinski definition) is 4. The van der Waals surface area contributed by atoms with Gasteiger partial charge < -0.3 is 26.0 Å². The van der Waals surface area contributed by atoms with Gasteiger partial charge in [-0.3, -0.25) is 28.8 Å². The molecule has 0 radical (unpaired) electrons. The van der Waals surface area contributed by atoms with Crippen molar-refractivity contribution >= 4 is 35.4 Å². The van der Waals surface area contributed by atoms with Crippen LogP contribution in [-0.2, 0) is 19.2 Å². The Morgan fingerprint density at radius 3 is 2.03 bits per heavy atom. The summed E-state index contributed by atoms with van der Waals surface area (Å²) in [7, 11) is 0. The number of carboxylic acids is 1. The van der Waals surface area contributed by atoms with Gasteiger partial charge in [0, 0.05) is 17.7 Å². The number of carboxylic acid groups (broad SMARTS) is 1. The van der Waals surface area contributed by atoms with Gasteiger partial charge in [-0.1, -0.05) is 13.8 Å². The number of carbonyl (C=O) groups is 6. The number of likely N-dealkylation sites (tertiary alicyclic amines) is 1. The molecule has 0 bridgehead atoms. The summed E-state index contributed by atoms with van der Waals surface area (Å²) >= 11 is 0. The maximum Gasteiger partial charge on any atom is 0.452 e. The first-order valence-electron chi connectivity index (χ1n) is 11.8. The normalized spacial score (nSPS) is 16.9. The van der Waals surface area contributed by atoms with Crippen molar-refractivity contribution in [2.24, 2.45) is 5.92 Å². The molecule has 4 N–H and O–H groups in total. The molecule has 208 valence electrons. The smallest absolute Gasteiger partial charge is 0.452 e. The van der Waals surface area contributed by atoms with Gasteiger partial charge in [-0.15, -0.1) is 0 Å². The molecule has 0 aromatic heterocycles. The number of aliphatic carboxylic acids is 1. The number of halogens is 3. The van der Waals surface area contributed by atoms with E-state index in [1.54, 1.807) is 0 Å². The lowest BCUT2D eigenvalue weighted by Crippen LogP contribution is -2.56. The van der Waals surface area contributed by atoms with Gasteiger partial charge in [-0.25, -0.2) is 0 Å². The number of rotatable bonds is 10. The van der Waals surface area contributed by atoms with Crippen LogP contribution >= 0.6 is 0 Å². The maximum atomic E-state index is 13.0. The van der Waals surface area contributed by atoms with Gasteiger partial charge in [0.25, 0.3) is 17.6 Å². The Hall–Kier alpha value is -3.97. The minimum Gasteiger partial charge on any atom is -0.480 e. The second kappa shape index (κ2) is 12.5. The van der Waals surface area contributed by atoms with Crippen LogP contribution < -0.4 is 16.0 Å². The number of ketones is 1. The van der Waals surface area contributed by atoms with Crippen molar-refractivity contribution in [1.82, 2.24) is 20.9 Å². The van der Waals surface area contributed by atoms with Crippen molar-refractivity contribution < 1.29 is 47.0 Å². The number of amides is 4. The van der Waals surface area contributed by atoms with Crippen molar-refractivity contribution in [3.05, 3.63) is 35.4 Å². The first kappa shape index (κ1) is 30.3. The summed E-state index contributed by atoms with van der Waals surface area (Å²) in [6, 6.07) is 1.20. The SMILES string of the molecule is CC(C)C(NC(=O)[C@@H]1CCCN1C(=O)[C@H](C)NC(=O)c1ccc(C(=O)NCC(=O)O)cc1)C(=O)C(F)(F)F. The summed E-state index contributed by atoms with van der Waals surface area (Å²) in [5.41, 5.74) is 0.210. The minimum atomic E-state index is -5.13. The topological polar surface area (TPSA) is 162 Å². The van der Waals surface area contributed by atoms with E-state index in [-0.39, 0.29) is 24.1 Å². The largest absolute Gasteiger partial charge is 0.480 e. The Morgan fingerprint density at radius 1 is 0.974 bits per heavy atom. The molecule has 3 atom stereocenters. The maximum absolute atomic E-state index is 13.0. The fourth-order valence-electron chi connectivity index (χ4n) is 3.89. The van der Waals surface area contributed by atoms with Gasteiger partial charge in [-0.05, 0) is 49.9 Å². The third-order valence-electron chi connectivity index (χ3n) is 5.89. The van der Waals surface area contributed by atoms with Crippen molar-refractivity contribution in [3.63, 3.8) is 0 Å². The van der Waals surface area contributed by atoms with Crippen molar-refractivity contribution in [3.8, 4) is 0 Å². The standard InChI is InChI=1S/C24H29F3N4O7/c1-12(2)18(19(34)24(25,26)27)30-22(37)16-5-4-10-31(16)23(38)13(3)29-21(36)15-8-6-14(7-9-15)20(35)28-11-17(32)33/h6-9,12-13,16,18H,4-5,10-11H2,1-3H3,(H,28,35)(H,29,36)(H,30,37)(H,32,33)/t13-,16-,18?/m0/s1. The zero-order valence-electron chi connectivity index (χ0n) is 20.9. The number of Topliss-reactive ketones (excluding diaryl/α,β-unsaturated/α-hetero) is 1. The van der Waals surface area contributed by atoms with E-state index in [0.29, 0.717) is 6.42 Å². The van der Waals surface area contributed by atoms with Crippen LogP contribution in [0.15, 0.2) is 24.3 Å². The van der Waals surface area contributed by atoms with E-state index in [2.05, 4.69) is 16.0 Å². The Kier molecular flexibility index (Phi) is 9.97. The van der Waals surface area contributed by atoms with Crippen molar-refractivity contribution in [1.29, 1.82) is 0 Å². The first-order valence-corrected chi connectivity index (χ1v) is 11.8. The summed E-state index contributed by atoms with van der Waals surface area (Å²) in [5, 5.41) is 15.4. The van der Waals surface area contributed by atoms with E-state index in [9.17, 15) is 41.9 Å². The van der Waals surface area contributed by atoms with Crippen LogP contribution in [0.5, 0.6) is 0 Å². The molecule has 1 aromatic carbocycles. The number of alkyl halides is 3. The molecular formula is C24H29F3N4O7. The predicted molar refractivity (Wildman–Crippen MR) is 126 cm³/mol. The molecule has 1 aromatic rings. The third-order valence-corrected chi connectivity index (χ3v) is 5.89. The molecule has 0 saturated carbocycles. The number of hydrogen-bond acceptors (Lipinski definition) is 6. The number of nitrogens with one attached hydrogen (secondary N) is 3. The molecule has 2 rings (SSSR count). The fraction of sp³-hybridized carbons (Fsp3) is 0.500. The van der Waals surface area contributed by atoms with Crippen molar-refractivity contribution in [2.75, 3.05) is 13.1 Å². The quantitative estimate of drug-likeness (QED) is 0.341. The summed E-state index contributed by atoms with van der Waals surface area (Å²) in [5.74, 6) is -6.99. The summed E-state index contributed by atoms with van der Waals surface area (Å²) in [6.07, 6.45) is -4.56. The average Bonchev–Trinajstić information content (AvgIpc) is 3.34. The van der Waals surface area contributed by atoms with Crippen LogP contribution in [0.25, 0.3) is 0 Å². The van der Waals surface area contributed by atoms with Crippen LogP contribution in [0, 0.1) is 5.92 Å². The summed E-state index contributed by atoms with van der Waals surface area (Å²) in [4.78, 5) is 73.7. The van der Waals surface area contributed by atoms with E-state index in [1.807, 2.05) is 0 Å². The van der Waals surface area contributed by atoms with Crippen LogP contribution in [-0.4, -0.2) is 82.8 Å². The number of carbonyl (C=O) groups excluding carboxylic acids is 5. The second-order valence-corrected chi connectivity index (χ2v) is 9.13. The highest BCUT2D eigenvalue weighted by atomic mass is 19.4. The first-order chi connectivity index (χ1) is 17.6. The van der Waals surface area contributed by atoms with Gasteiger partial charge in [0.05, 0.1) is 6.04 Å². The number of benzene rings is 1. The van der Waals surface area contributed by atoms with E-state index in [1.165, 1.54) is 45.0 Å². The minimum absolute atomic E-state index is 0.0978. The van der Waals surface area contributed by atoms with Gasteiger partial charge >= 0.3 is 12.1 Å². The molecule has 1 aliphatic rings. The predicted octanol–water partition coefficient (Wildman–Crippen LogP) is 0.883. The van der Waals surface area contributed by atoms with Crippen molar-refractivity contribution in [2.45, 2.75) is 57.9 Å². The molecule has 0 aliphatic carbocycles. The second-order valence-electron chi connectivity index (χ2n) is 9.13. The highest BCUT2D eigenvalue weighted by Crippen LogP contribution is 2.23.